The fourth-order valence-corrected chi connectivity index (χ4v) is 7.84. The van der Waals surface area contributed by atoms with E-state index in [1.54, 1.807) is 31.2 Å². The zero-order valence-corrected chi connectivity index (χ0v) is 26.5. The molecule has 5 heterocycles. The van der Waals surface area contributed by atoms with Gasteiger partial charge in [0, 0.05) is 22.6 Å². The van der Waals surface area contributed by atoms with Crippen molar-refractivity contribution in [2.24, 2.45) is 10.1 Å². The number of thioether (sulfide) groups is 2. The van der Waals surface area contributed by atoms with E-state index in [-0.39, 0.29) is 33.6 Å². The number of aliphatic imine (C=N–C) groups is 1. The van der Waals surface area contributed by atoms with Crippen LogP contribution in [0, 0.1) is 0 Å². The van der Waals surface area contributed by atoms with Crippen LogP contribution in [0.4, 0.5) is 9.93 Å². The molecule has 1 aromatic carbocycles. The molecule has 1 saturated heterocycles. The number of carboxylic acids is 1. The van der Waals surface area contributed by atoms with Gasteiger partial charge in [-0.2, -0.15) is 5.01 Å². The number of benzene rings is 1. The predicted molar refractivity (Wildman–Crippen MR) is 171 cm³/mol. The van der Waals surface area contributed by atoms with E-state index in [1.165, 1.54) is 52.2 Å². The maximum atomic E-state index is 13.4. The molecule has 6 N–H and O–H groups in total. The molecule has 0 radical (unpaired) electrons. The SMILES string of the molecule is CC1=NC2=CN(C(=O)O)NN2C(SCC2=C(C(=O)O)N3C(=O)[C@@H](NC(=O)C(=NOC(=O)c4ccccc4)c4csc(N)n4)[C@H]3SC2)=C1. The van der Waals surface area contributed by atoms with Crippen molar-refractivity contribution < 1.29 is 39.0 Å². The van der Waals surface area contributed by atoms with Crippen molar-refractivity contribution in [3.63, 3.8) is 0 Å². The first-order valence-corrected chi connectivity index (χ1v) is 16.4. The number of allylic oxidation sites excluding steroid dienone is 1. The van der Waals surface area contributed by atoms with Crippen LogP contribution in [0.2, 0.25) is 0 Å². The molecular formula is C27H23N9O8S3. The summed E-state index contributed by atoms with van der Waals surface area (Å²) in [6, 6.07) is 6.88. The summed E-state index contributed by atoms with van der Waals surface area (Å²) in [5.74, 6) is -2.94. The minimum absolute atomic E-state index is 0.0190. The van der Waals surface area contributed by atoms with Crippen molar-refractivity contribution in [3.8, 4) is 0 Å². The van der Waals surface area contributed by atoms with Crippen molar-refractivity contribution in [3.05, 3.63) is 81.4 Å². The maximum Gasteiger partial charge on any atom is 0.427 e. The van der Waals surface area contributed by atoms with Gasteiger partial charge in [-0.05, 0) is 30.7 Å². The number of carboxylic acid groups (broad SMARTS) is 2. The minimum atomic E-state index is -1.32. The highest BCUT2D eigenvalue weighted by Crippen LogP contribution is 2.42. The Balaban J connectivity index is 1.16. The predicted octanol–water partition coefficient (Wildman–Crippen LogP) is 1.59. The van der Waals surface area contributed by atoms with Gasteiger partial charge in [0.15, 0.2) is 16.7 Å². The maximum absolute atomic E-state index is 13.4. The van der Waals surface area contributed by atoms with Gasteiger partial charge in [0.05, 0.1) is 16.8 Å². The molecule has 3 amide bonds. The van der Waals surface area contributed by atoms with E-state index in [0.29, 0.717) is 22.1 Å². The molecule has 17 nitrogen and oxygen atoms in total. The molecule has 2 aromatic rings. The number of nitrogens with two attached hydrogens (primary N) is 1. The topological polar surface area (TPSA) is 232 Å². The number of hydrazine groups is 2. The summed E-state index contributed by atoms with van der Waals surface area (Å²) < 4.78 is 0. The second kappa shape index (κ2) is 12.9. The molecule has 4 aliphatic heterocycles. The van der Waals surface area contributed by atoms with Gasteiger partial charge >= 0.3 is 18.0 Å². The molecule has 4 aliphatic rings. The number of thiazole rings is 1. The zero-order chi connectivity index (χ0) is 33.4. The molecule has 0 unspecified atom stereocenters. The highest BCUT2D eigenvalue weighted by Gasteiger charge is 2.54. The molecule has 6 rings (SSSR count). The molecule has 20 heteroatoms. The van der Waals surface area contributed by atoms with Gasteiger partial charge in [-0.15, -0.1) is 40.4 Å². The highest BCUT2D eigenvalue weighted by molar-refractivity contribution is 8.03. The summed E-state index contributed by atoms with van der Waals surface area (Å²) in [5.41, 5.74) is 9.09. The number of oxime groups is 1. The number of β-lactam (4-membered cyclic amide) rings is 1. The number of aliphatic carboxylic acids is 1. The number of anilines is 1. The Morgan fingerprint density at radius 3 is 2.68 bits per heavy atom. The third kappa shape index (κ3) is 6.30. The van der Waals surface area contributed by atoms with E-state index in [4.69, 9.17) is 10.6 Å². The van der Waals surface area contributed by atoms with Gasteiger partial charge in [0.1, 0.15) is 22.8 Å². The van der Waals surface area contributed by atoms with Gasteiger partial charge in [0.2, 0.25) is 0 Å². The van der Waals surface area contributed by atoms with Gasteiger partial charge in [-0.1, -0.05) is 23.4 Å². The van der Waals surface area contributed by atoms with Gasteiger partial charge in [-0.25, -0.2) is 29.4 Å². The third-order valence-electron chi connectivity index (χ3n) is 6.87. The van der Waals surface area contributed by atoms with Crippen molar-refractivity contribution in [1.82, 2.24) is 30.8 Å². The Hall–Kier alpha value is -5.18. The molecule has 0 spiro atoms. The summed E-state index contributed by atoms with van der Waals surface area (Å²) in [7, 11) is 0. The number of hydrogen-bond donors (Lipinski definition) is 5. The molecule has 2 atom stereocenters. The fraction of sp³-hybridized carbons (Fsp3) is 0.185. The average molecular weight is 698 g/mol. The van der Waals surface area contributed by atoms with Crippen LogP contribution in [0.3, 0.4) is 0 Å². The number of carbonyl (C=O) groups excluding carboxylic acids is 3. The van der Waals surface area contributed by atoms with Crippen LogP contribution in [0.5, 0.6) is 0 Å². The lowest BCUT2D eigenvalue weighted by Gasteiger charge is -2.49. The van der Waals surface area contributed by atoms with Crippen LogP contribution in [-0.4, -0.2) is 94.3 Å². The fourth-order valence-electron chi connectivity index (χ4n) is 4.74. The van der Waals surface area contributed by atoms with E-state index in [0.717, 1.165) is 21.2 Å². The van der Waals surface area contributed by atoms with Crippen molar-refractivity contribution >= 4 is 81.3 Å². The monoisotopic (exact) mass is 697 g/mol. The van der Waals surface area contributed by atoms with Gasteiger partial charge in [0.25, 0.3) is 11.8 Å². The molecule has 0 aliphatic carbocycles. The lowest BCUT2D eigenvalue weighted by molar-refractivity contribution is -0.150. The number of aromatic nitrogens is 1. The molecule has 1 aromatic heterocycles. The third-order valence-corrected chi connectivity index (χ3v) is 9.97. The molecule has 0 saturated carbocycles. The van der Waals surface area contributed by atoms with Crippen molar-refractivity contribution in [2.75, 3.05) is 17.2 Å². The first-order chi connectivity index (χ1) is 22.5. The first-order valence-electron chi connectivity index (χ1n) is 13.5. The standard InChI is InChI=1S/C27H23N9O8S3/c1-12-7-17(36-16(29-12)8-34(33-36)27(42)43)45-9-14-10-46-23-19(22(38)35(23)20(14)24(39)40)31-21(37)18(15-11-47-26(28)30-15)32-44-25(41)13-5-3-2-4-6-13/h2-8,11,19,23,33H,9-10H2,1H3,(H2,28,30)(H,31,37)(H,39,40)(H,42,43)/t19-,23-/m1/s1. The van der Waals surface area contributed by atoms with Gasteiger partial charge < -0.3 is 26.1 Å². The summed E-state index contributed by atoms with van der Waals surface area (Å²) in [5, 5.41) is 29.5. The van der Waals surface area contributed by atoms with Crippen LogP contribution < -0.4 is 16.6 Å². The van der Waals surface area contributed by atoms with Crippen LogP contribution in [0.25, 0.3) is 0 Å². The van der Waals surface area contributed by atoms with E-state index < -0.39 is 47.0 Å². The second-order valence-corrected chi connectivity index (χ2v) is 13.0. The number of nitrogens with zero attached hydrogens (tertiary/aromatic N) is 6. The number of rotatable bonds is 9. The quantitative estimate of drug-likeness (QED) is 0.108. The lowest BCUT2D eigenvalue weighted by Crippen LogP contribution is -2.71. The number of carbonyl (C=O) groups is 5. The van der Waals surface area contributed by atoms with Crippen LogP contribution in [0.1, 0.15) is 23.0 Å². The molecule has 1 fully saturated rings. The number of fused-ring (bicyclic) bond motifs is 2. The Morgan fingerprint density at radius 2 is 2.00 bits per heavy atom. The Kier molecular flexibility index (Phi) is 8.73. The number of hydrogen-bond acceptors (Lipinski definition) is 15. The van der Waals surface area contributed by atoms with Gasteiger partial charge in [-0.3, -0.25) is 14.5 Å². The molecule has 0 bridgehead atoms. The van der Waals surface area contributed by atoms with Crippen LogP contribution >= 0.6 is 34.9 Å². The average Bonchev–Trinajstić information content (AvgIpc) is 3.68. The van der Waals surface area contributed by atoms with Crippen LogP contribution in [0.15, 0.2) is 80.3 Å². The minimum Gasteiger partial charge on any atom is -0.477 e. The van der Waals surface area contributed by atoms with E-state index >= 15 is 0 Å². The summed E-state index contributed by atoms with van der Waals surface area (Å²) in [6.07, 6.45) is 1.78. The molecule has 242 valence electrons. The summed E-state index contributed by atoms with van der Waals surface area (Å²) in [6.45, 7) is 1.74. The summed E-state index contributed by atoms with van der Waals surface area (Å²) in [4.78, 5) is 77.5. The number of nitrogen functional groups attached to an aromatic ring is 1. The molecular weight excluding hydrogens is 675 g/mol. The van der Waals surface area contributed by atoms with E-state index in [2.05, 4.69) is 26.0 Å². The normalized spacial score (nSPS) is 20.4. The van der Waals surface area contributed by atoms with Crippen molar-refractivity contribution in [2.45, 2.75) is 18.3 Å². The highest BCUT2D eigenvalue weighted by atomic mass is 32.2. The van der Waals surface area contributed by atoms with Crippen LogP contribution in [-0.2, 0) is 19.2 Å². The smallest absolute Gasteiger partial charge is 0.427 e. The Morgan fingerprint density at radius 1 is 1.23 bits per heavy atom. The van der Waals surface area contributed by atoms with Crippen molar-refractivity contribution in [1.29, 1.82) is 0 Å². The number of amides is 3. The Labute approximate surface area is 277 Å². The van der Waals surface area contributed by atoms with E-state index in [9.17, 15) is 34.2 Å². The van der Waals surface area contributed by atoms with E-state index in [1.807, 2.05) is 0 Å². The second-order valence-electron chi connectivity index (χ2n) is 9.97. The molecule has 47 heavy (non-hydrogen) atoms. The summed E-state index contributed by atoms with van der Waals surface area (Å²) >= 11 is 3.52. The lowest BCUT2D eigenvalue weighted by atomic mass is 10.0. The first kappa shape index (κ1) is 31.8. The zero-order valence-electron chi connectivity index (χ0n) is 24.0. The largest absolute Gasteiger partial charge is 0.477 e. The Bertz CT molecular complexity index is 1860. The number of nitrogens with one attached hydrogen (secondary N) is 2.